The van der Waals surface area contributed by atoms with Crippen molar-refractivity contribution in [3.8, 4) is 0 Å². The van der Waals surface area contributed by atoms with E-state index in [1.165, 1.54) is 0 Å². The minimum Gasteiger partial charge on any atom is -0.480 e. The van der Waals surface area contributed by atoms with Gasteiger partial charge in [-0.3, -0.25) is 9.69 Å². The number of fused-ring (bicyclic) bond motifs is 1. The largest absolute Gasteiger partial charge is 0.480 e. The lowest BCUT2D eigenvalue weighted by molar-refractivity contribution is -0.145. The molecule has 2 heterocycles. The van der Waals surface area contributed by atoms with E-state index in [-0.39, 0.29) is 0 Å². The Hall–Kier alpha value is -1.44. The molecule has 0 radical (unpaired) electrons. The molecule has 8 heteroatoms. The molecule has 0 bridgehead atoms. The number of carboxylic acids is 1. The van der Waals surface area contributed by atoms with Crippen LogP contribution >= 0.6 is 27.5 Å². The molecule has 1 aliphatic heterocycles. The van der Waals surface area contributed by atoms with Crippen LogP contribution in [0.2, 0.25) is 5.02 Å². The summed E-state index contributed by atoms with van der Waals surface area (Å²) >= 11 is 9.61. The van der Waals surface area contributed by atoms with Gasteiger partial charge in [-0.15, -0.1) is 10.2 Å². The topological polar surface area (TPSA) is 71.2 Å². The number of aromatic nitrogens is 3. The van der Waals surface area contributed by atoms with Crippen LogP contribution in [0.5, 0.6) is 0 Å². The molecule has 0 spiro atoms. The molecule has 2 aromatic rings. The number of hydrogen-bond acceptors (Lipinski definition) is 4. The van der Waals surface area contributed by atoms with Gasteiger partial charge in [-0.05, 0) is 24.6 Å². The fraction of sp³-hybridized carbons (Fsp3) is 0.357. The smallest absolute Gasteiger partial charge is 0.322 e. The van der Waals surface area contributed by atoms with Crippen LogP contribution in [0.3, 0.4) is 0 Å². The molecule has 0 saturated heterocycles. The van der Waals surface area contributed by atoms with Crippen LogP contribution in [-0.2, 0) is 24.4 Å². The molecule has 116 valence electrons. The van der Waals surface area contributed by atoms with Crippen LogP contribution in [0, 0.1) is 6.92 Å². The zero-order valence-corrected chi connectivity index (χ0v) is 14.2. The highest BCUT2D eigenvalue weighted by Crippen LogP contribution is 2.26. The van der Waals surface area contributed by atoms with Crippen LogP contribution in [0.4, 0.5) is 0 Å². The first-order valence-electron chi connectivity index (χ1n) is 6.75. The molecule has 1 aromatic carbocycles. The third kappa shape index (κ3) is 2.88. The molecule has 1 unspecified atom stereocenters. The molecule has 3 rings (SSSR count). The molecule has 0 fully saturated rings. The Morgan fingerprint density at radius 3 is 2.95 bits per heavy atom. The van der Waals surface area contributed by atoms with Gasteiger partial charge >= 0.3 is 5.97 Å². The van der Waals surface area contributed by atoms with E-state index in [0.717, 1.165) is 21.7 Å². The van der Waals surface area contributed by atoms with Gasteiger partial charge in [0.15, 0.2) is 0 Å². The van der Waals surface area contributed by atoms with Crippen LogP contribution in [-0.4, -0.2) is 36.8 Å². The summed E-state index contributed by atoms with van der Waals surface area (Å²) in [5.74, 6) is 0.665. The van der Waals surface area contributed by atoms with Gasteiger partial charge in [-0.1, -0.05) is 33.6 Å². The molecule has 1 aliphatic rings. The lowest BCUT2D eigenvalue weighted by Gasteiger charge is -2.33. The van der Waals surface area contributed by atoms with Crippen molar-refractivity contribution < 1.29 is 9.90 Å². The summed E-state index contributed by atoms with van der Waals surface area (Å²) < 4.78 is 2.75. The van der Waals surface area contributed by atoms with E-state index >= 15 is 0 Å². The van der Waals surface area contributed by atoms with Gasteiger partial charge in [-0.2, -0.15) is 0 Å². The van der Waals surface area contributed by atoms with Crippen molar-refractivity contribution in [1.82, 2.24) is 19.7 Å². The van der Waals surface area contributed by atoms with Crippen LogP contribution < -0.4 is 0 Å². The summed E-state index contributed by atoms with van der Waals surface area (Å²) in [5.41, 5.74) is 0.890. The maximum absolute atomic E-state index is 11.6. The van der Waals surface area contributed by atoms with E-state index in [1.54, 1.807) is 0 Å². The first kappa shape index (κ1) is 15.5. The Balaban J connectivity index is 1.89. The number of benzene rings is 1. The number of carboxylic acid groups (broad SMARTS) is 1. The summed E-state index contributed by atoms with van der Waals surface area (Å²) in [5, 5.41) is 18.3. The minimum atomic E-state index is -0.855. The number of rotatable bonds is 3. The van der Waals surface area contributed by atoms with Crippen LogP contribution in [0.15, 0.2) is 22.7 Å². The molecule has 1 N–H and O–H groups in total. The fourth-order valence-corrected chi connectivity index (χ4v) is 3.36. The molecule has 0 amide bonds. The summed E-state index contributed by atoms with van der Waals surface area (Å²) in [7, 11) is 0. The van der Waals surface area contributed by atoms with Crippen molar-refractivity contribution in [2.75, 3.05) is 0 Å². The second-order valence-corrected chi connectivity index (χ2v) is 6.59. The average Bonchev–Trinajstić information content (AvgIpc) is 2.82. The van der Waals surface area contributed by atoms with Crippen LogP contribution in [0.25, 0.3) is 0 Å². The van der Waals surface area contributed by atoms with Crippen molar-refractivity contribution in [2.24, 2.45) is 0 Å². The Kier molecular flexibility index (Phi) is 4.20. The number of hydrogen-bond donors (Lipinski definition) is 1. The number of aliphatic carboxylic acids is 1. The first-order valence-corrected chi connectivity index (χ1v) is 7.92. The van der Waals surface area contributed by atoms with Gasteiger partial charge < -0.3 is 9.67 Å². The van der Waals surface area contributed by atoms with Gasteiger partial charge in [0.25, 0.3) is 0 Å². The summed E-state index contributed by atoms with van der Waals surface area (Å²) in [6, 6.07) is 4.98. The highest BCUT2D eigenvalue weighted by molar-refractivity contribution is 9.10. The maximum atomic E-state index is 11.6. The third-order valence-electron chi connectivity index (χ3n) is 3.83. The highest BCUT2D eigenvalue weighted by atomic mass is 79.9. The minimum absolute atomic E-state index is 0.345. The van der Waals surface area contributed by atoms with Crippen LogP contribution in [0.1, 0.15) is 17.2 Å². The van der Waals surface area contributed by atoms with Crippen molar-refractivity contribution in [3.63, 3.8) is 0 Å². The van der Waals surface area contributed by atoms with Gasteiger partial charge in [0.05, 0.1) is 13.1 Å². The molecule has 0 saturated carbocycles. The second kappa shape index (κ2) is 5.98. The van der Waals surface area contributed by atoms with Gasteiger partial charge in [-0.25, -0.2) is 0 Å². The predicted octanol–water partition coefficient (Wildman–Crippen LogP) is 2.47. The molecule has 22 heavy (non-hydrogen) atoms. The Morgan fingerprint density at radius 1 is 1.50 bits per heavy atom. The first-order chi connectivity index (χ1) is 10.5. The Morgan fingerprint density at radius 2 is 2.27 bits per heavy atom. The van der Waals surface area contributed by atoms with Gasteiger partial charge in [0.2, 0.25) is 0 Å². The van der Waals surface area contributed by atoms with Crippen molar-refractivity contribution >= 4 is 33.5 Å². The lowest BCUT2D eigenvalue weighted by Crippen LogP contribution is -2.47. The standard InChI is InChI=1S/C14H14BrClN4O2/c1-8-17-18-13-7-19(12(14(21)22)6-20(8)13)5-9-2-3-10(15)4-11(9)16/h2-4,12H,5-7H2,1H3,(H,21,22). The van der Waals surface area contributed by atoms with E-state index in [2.05, 4.69) is 26.1 Å². The van der Waals surface area contributed by atoms with E-state index in [1.807, 2.05) is 34.6 Å². The number of carbonyl (C=O) groups is 1. The van der Waals surface area contributed by atoms with E-state index < -0.39 is 12.0 Å². The highest BCUT2D eigenvalue weighted by Gasteiger charge is 2.33. The van der Waals surface area contributed by atoms with E-state index in [9.17, 15) is 9.90 Å². The Labute approximate surface area is 140 Å². The molecule has 6 nitrogen and oxygen atoms in total. The molecular weight excluding hydrogens is 372 g/mol. The normalized spacial score (nSPS) is 18.2. The van der Waals surface area contributed by atoms with E-state index in [4.69, 9.17) is 11.6 Å². The van der Waals surface area contributed by atoms with E-state index in [0.29, 0.717) is 24.7 Å². The zero-order chi connectivity index (χ0) is 15.9. The average molecular weight is 386 g/mol. The lowest BCUT2D eigenvalue weighted by atomic mass is 10.1. The van der Waals surface area contributed by atoms with Crippen molar-refractivity contribution in [1.29, 1.82) is 0 Å². The quantitative estimate of drug-likeness (QED) is 0.879. The third-order valence-corrected chi connectivity index (χ3v) is 4.67. The summed E-state index contributed by atoms with van der Waals surface area (Å²) in [6.45, 7) is 3.06. The SMILES string of the molecule is Cc1nnc2n1CC(C(=O)O)N(Cc1ccc(Br)cc1Cl)C2. The van der Waals surface area contributed by atoms with Gasteiger partial charge in [0, 0.05) is 16.0 Å². The fourth-order valence-electron chi connectivity index (χ4n) is 2.63. The zero-order valence-electron chi connectivity index (χ0n) is 11.8. The van der Waals surface area contributed by atoms with Crippen molar-refractivity contribution in [3.05, 3.63) is 44.9 Å². The predicted molar refractivity (Wildman–Crippen MR) is 84.6 cm³/mol. The summed E-state index contributed by atoms with van der Waals surface area (Å²) in [4.78, 5) is 13.5. The second-order valence-electron chi connectivity index (χ2n) is 5.27. The molecule has 1 atom stereocenters. The summed E-state index contributed by atoms with van der Waals surface area (Å²) in [6.07, 6.45) is 0. The van der Waals surface area contributed by atoms with Gasteiger partial charge in [0.1, 0.15) is 17.7 Å². The molecule has 1 aromatic heterocycles. The molecule has 0 aliphatic carbocycles. The number of aryl methyl sites for hydroxylation is 1. The monoisotopic (exact) mass is 384 g/mol. The van der Waals surface area contributed by atoms with Crippen molar-refractivity contribution in [2.45, 2.75) is 32.6 Å². The maximum Gasteiger partial charge on any atom is 0.322 e. The number of halogens is 2. The Bertz CT molecular complexity index is 734. The number of nitrogens with zero attached hydrogens (tertiary/aromatic N) is 4. The molecular formula is C14H14BrClN4O2.